The summed E-state index contributed by atoms with van der Waals surface area (Å²) >= 11 is 0. The maximum Gasteiger partial charge on any atom is 0.416 e. The first kappa shape index (κ1) is 19.6. The van der Waals surface area contributed by atoms with E-state index in [-0.39, 0.29) is 23.1 Å². The normalized spacial score (nSPS) is 13.5. The fraction of sp³-hybridized carbons (Fsp3) is 0.200. The Morgan fingerprint density at radius 3 is 2.46 bits per heavy atom. The van der Waals surface area contributed by atoms with Crippen LogP contribution in [0.1, 0.15) is 29.3 Å². The van der Waals surface area contributed by atoms with Crippen molar-refractivity contribution in [1.29, 1.82) is 0 Å². The Kier molecular flexibility index (Phi) is 5.48. The number of alkyl halides is 3. The molecular formula is C20H17F4N3O. The molecule has 3 rings (SSSR count). The fourth-order valence-electron chi connectivity index (χ4n) is 2.80. The number of nitrogens with zero attached hydrogens (tertiary/aromatic N) is 2. The fourth-order valence-corrected chi connectivity index (χ4v) is 2.80. The molecule has 2 aromatic carbocycles. The van der Waals surface area contributed by atoms with Gasteiger partial charge < -0.3 is 10.1 Å². The van der Waals surface area contributed by atoms with Crippen molar-refractivity contribution in [2.75, 3.05) is 0 Å². The Bertz CT molecular complexity index is 964. The highest BCUT2D eigenvalue weighted by Gasteiger charge is 2.30. The largest absolute Gasteiger partial charge is 0.507 e. The van der Waals surface area contributed by atoms with E-state index < -0.39 is 17.6 Å². The van der Waals surface area contributed by atoms with Gasteiger partial charge in [-0.2, -0.15) is 13.2 Å². The molecule has 0 amide bonds. The minimum absolute atomic E-state index is 0.234. The molecule has 146 valence electrons. The summed E-state index contributed by atoms with van der Waals surface area (Å²) in [5.74, 6) is -0.967. The van der Waals surface area contributed by atoms with Gasteiger partial charge in [-0.1, -0.05) is 12.1 Å². The number of nitrogens with one attached hydrogen (secondary N) is 1. The van der Waals surface area contributed by atoms with Crippen molar-refractivity contribution in [2.45, 2.75) is 25.6 Å². The minimum atomic E-state index is -4.46. The third-order valence-electron chi connectivity index (χ3n) is 4.12. The van der Waals surface area contributed by atoms with Crippen molar-refractivity contribution < 1.29 is 22.7 Å². The third kappa shape index (κ3) is 4.57. The Labute approximate surface area is 158 Å². The molecule has 0 aliphatic carbocycles. The van der Waals surface area contributed by atoms with E-state index in [9.17, 15) is 22.7 Å². The average molecular weight is 391 g/mol. The van der Waals surface area contributed by atoms with E-state index >= 15 is 0 Å². The lowest BCUT2D eigenvalue weighted by Crippen LogP contribution is -2.12. The Balaban J connectivity index is 2.02. The van der Waals surface area contributed by atoms with E-state index in [4.69, 9.17) is 0 Å². The van der Waals surface area contributed by atoms with Crippen LogP contribution in [0.15, 0.2) is 60.0 Å². The number of aromatic nitrogens is 2. The summed E-state index contributed by atoms with van der Waals surface area (Å²) in [6, 6.07) is 7.64. The number of hydrogen-bond acceptors (Lipinski definition) is 3. The summed E-state index contributed by atoms with van der Waals surface area (Å²) in [6.45, 7) is 1.82. The molecule has 0 unspecified atom stereocenters. The zero-order chi connectivity index (χ0) is 20.3. The molecule has 0 fully saturated rings. The molecule has 1 atom stereocenters. The van der Waals surface area contributed by atoms with Crippen LogP contribution in [-0.4, -0.2) is 26.8 Å². The van der Waals surface area contributed by atoms with E-state index in [0.717, 1.165) is 30.0 Å². The molecule has 2 N–H and O–H groups in total. The monoisotopic (exact) mass is 391 g/mol. The number of aromatic amines is 1. The molecule has 4 nitrogen and oxygen atoms in total. The van der Waals surface area contributed by atoms with Crippen molar-refractivity contribution in [1.82, 2.24) is 9.97 Å². The number of halogens is 4. The number of rotatable bonds is 5. The van der Waals surface area contributed by atoms with E-state index in [2.05, 4.69) is 15.0 Å². The van der Waals surface area contributed by atoms with Gasteiger partial charge in [0, 0.05) is 35.5 Å². The topological polar surface area (TPSA) is 61.3 Å². The van der Waals surface area contributed by atoms with Crippen LogP contribution < -0.4 is 0 Å². The number of hydrogen-bond donors (Lipinski definition) is 2. The summed E-state index contributed by atoms with van der Waals surface area (Å²) in [4.78, 5) is 11.5. The summed E-state index contributed by atoms with van der Waals surface area (Å²) in [6.07, 6.45) is -0.763. The Morgan fingerprint density at radius 2 is 1.89 bits per heavy atom. The number of phenols is 1. The molecule has 0 aliphatic rings. The van der Waals surface area contributed by atoms with Gasteiger partial charge >= 0.3 is 6.18 Å². The molecule has 0 saturated heterocycles. The lowest BCUT2D eigenvalue weighted by Gasteiger charge is -2.14. The molecule has 0 bridgehead atoms. The first-order valence-corrected chi connectivity index (χ1v) is 8.45. The van der Waals surface area contributed by atoms with Crippen LogP contribution in [0, 0.1) is 5.82 Å². The van der Waals surface area contributed by atoms with Gasteiger partial charge in [-0.05, 0) is 31.2 Å². The van der Waals surface area contributed by atoms with Crippen LogP contribution >= 0.6 is 0 Å². The molecule has 1 aromatic heterocycles. The molecule has 3 aromatic rings. The van der Waals surface area contributed by atoms with Gasteiger partial charge in [0.15, 0.2) is 0 Å². The second-order valence-electron chi connectivity index (χ2n) is 6.34. The van der Waals surface area contributed by atoms with Crippen molar-refractivity contribution in [3.63, 3.8) is 0 Å². The first-order valence-electron chi connectivity index (χ1n) is 8.45. The van der Waals surface area contributed by atoms with Crippen molar-refractivity contribution in [3.8, 4) is 5.75 Å². The standard InChI is InChI=1S/C20H17F4N3O/c1-12(8-16-10-25-11-26-16)27-19(17-7-6-15(21)9-18(17)28)13-2-4-14(5-3-13)20(22,23)24/h2-7,9-12,28H,8H2,1H3,(H,25,26)/t12-/m1/s1. The van der Waals surface area contributed by atoms with Gasteiger partial charge in [0.25, 0.3) is 0 Å². The highest BCUT2D eigenvalue weighted by molar-refractivity contribution is 6.14. The van der Waals surface area contributed by atoms with Gasteiger partial charge in [0.2, 0.25) is 0 Å². The summed E-state index contributed by atoms with van der Waals surface area (Å²) in [5, 5.41) is 10.2. The average Bonchev–Trinajstić information content (AvgIpc) is 3.12. The van der Waals surface area contributed by atoms with Crippen LogP contribution in [0.3, 0.4) is 0 Å². The Hall–Kier alpha value is -3.16. The predicted octanol–water partition coefficient (Wildman–Crippen LogP) is 4.74. The second kappa shape index (κ2) is 7.84. The van der Waals surface area contributed by atoms with Gasteiger partial charge in [-0.15, -0.1) is 0 Å². The lowest BCUT2D eigenvalue weighted by molar-refractivity contribution is -0.137. The van der Waals surface area contributed by atoms with Crippen LogP contribution in [-0.2, 0) is 12.6 Å². The van der Waals surface area contributed by atoms with Crippen LogP contribution in [0.5, 0.6) is 5.75 Å². The van der Waals surface area contributed by atoms with Crippen LogP contribution in [0.2, 0.25) is 0 Å². The van der Waals surface area contributed by atoms with Gasteiger partial charge in [-0.3, -0.25) is 4.99 Å². The van der Waals surface area contributed by atoms with Gasteiger partial charge in [0.1, 0.15) is 11.6 Å². The second-order valence-corrected chi connectivity index (χ2v) is 6.34. The number of benzene rings is 2. The SMILES string of the molecule is C[C@H](Cc1cnc[nH]1)N=C(c1ccc(C(F)(F)F)cc1)c1ccc(F)cc1O. The maximum absolute atomic E-state index is 13.4. The highest BCUT2D eigenvalue weighted by atomic mass is 19.4. The quantitative estimate of drug-likeness (QED) is 0.487. The Morgan fingerprint density at radius 1 is 1.18 bits per heavy atom. The van der Waals surface area contributed by atoms with Crippen molar-refractivity contribution in [3.05, 3.63) is 83.2 Å². The van der Waals surface area contributed by atoms with E-state index in [1.165, 1.54) is 24.5 Å². The van der Waals surface area contributed by atoms with Crippen molar-refractivity contribution in [2.24, 2.45) is 4.99 Å². The number of aliphatic imine (C=N–C) groups is 1. The molecule has 28 heavy (non-hydrogen) atoms. The van der Waals surface area contributed by atoms with Crippen molar-refractivity contribution >= 4 is 5.71 Å². The number of H-pyrrole nitrogens is 1. The molecule has 8 heteroatoms. The smallest absolute Gasteiger partial charge is 0.416 e. The minimum Gasteiger partial charge on any atom is -0.507 e. The zero-order valence-corrected chi connectivity index (χ0v) is 14.8. The van der Waals surface area contributed by atoms with E-state index in [1.54, 1.807) is 6.20 Å². The summed E-state index contributed by atoms with van der Waals surface area (Å²) in [7, 11) is 0. The summed E-state index contributed by atoms with van der Waals surface area (Å²) < 4.78 is 51.9. The number of phenolic OH excluding ortho intramolecular Hbond substituents is 1. The highest BCUT2D eigenvalue weighted by Crippen LogP contribution is 2.30. The van der Waals surface area contributed by atoms with Crippen LogP contribution in [0.25, 0.3) is 0 Å². The first-order chi connectivity index (χ1) is 13.2. The molecule has 1 heterocycles. The molecule has 0 aliphatic heterocycles. The maximum atomic E-state index is 13.4. The van der Waals surface area contributed by atoms with E-state index in [1.807, 2.05) is 6.92 Å². The van der Waals surface area contributed by atoms with Gasteiger partial charge in [-0.25, -0.2) is 9.37 Å². The van der Waals surface area contributed by atoms with Gasteiger partial charge in [0.05, 0.1) is 23.6 Å². The predicted molar refractivity (Wildman–Crippen MR) is 96.9 cm³/mol. The van der Waals surface area contributed by atoms with E-state index in [0.29, 0.717) is 12.0 Å². The number of imidazole rings is 1. The lowest BCUT2D eigenvalue weighted by atomic mass is 9.99. The van der Waals surface area contributed by atoms with Crippen LogP contribution in [0.4, 0.5) is 17.6 Å². The third-order valence-corrected chi connectivity index (χ3v) is 4.12. The molecule has 0 spiro atoms. The molecule has 0 radical (unpaired) electrons. The zero-order valence-electron chi connectivity index (χ0n) is 14.8. The molecular weight excluding hydrogens is 374 g/mol. The number of aromatic hydroxyl groups is 1. The molecule has 0 saturated carbocycles. The summed E-state index contributed by atoms with van der Waals surface area (Å²) in [5.41, 5.74) is 0.943.